The average molecular weight is 239 g/mol. The third-order valence-electron chi connectivity index (χ3n) is 1.54. The molecule has 2 nitrogen and oxygen atoms in total. The summed E-state index contributed by atoms with van der Waals surface area (Å²) < 4.78 is 0. The van der Waals surface area contributed by atoms with Gasteiger partial charge in [-0.15, -0.1) is 0 Å². The smallest absolute Gasteiger partial charge is 0.219 e. The fourth-order valence-corrected chi connectivity index (χ4v) is 0.711. The number of nitrogens with one attached hydrogen (secondary N) is 1. The molecule has 17 heavy (non-hydrogen) atoms. The van der Waals surface area contributed by atoms with Gasteiger partial charge in [0.15, 0.2) is 0 Å². The summed E-state index contributed by atoms with van der Waals surface area (Å²) in [5.74, 6) is 0.0926. The first-order chi connectivity index (χ1) is 7.62. The highest BCUT2D eigenvalue weighted by atomic mass is 16.1. The minimum atomic E-state index is 0. The Morgan fingerprint density at radius 1 is 1.12 bits per heavy atom. The highest BCUT2D eigenvalue weighted by molar-refractivity contribution is 5.74. The van der Waals surface area contributed by atoms with Crippen LogP contribution in [0.2, 0.25) is 0 Å². The summed E-state index contributed by atoms with van der Waals surface area (Å²) in [6, 6.07) is 10.3. The predicted molar refractivity (Wildman–Crippen MR) is 78.2 cm³/mol. The van der Waals surface area contributed by atoms with Crippen LogP contribution >= 0.6 is 0 Å². The first-order valence-electron chi connectivity index (χ1n) is 5.84. The molecule has 1 amide bonds. The minimum Gasteiger partial charge on any atom is -0.359 e. The first kappa shape index (κ1) is 21.0. The van der Waals surface area contributed by atoms with Crippen molar-refractivity contribution in [2.45, 2.75) is 48.0 Å². The quantitative estimate of drug-likeness (QED) is 0.782. The summed E-state index contributed by atoms with van der Waals surface area (Å²) in [6.07, 6.45) is 1.83. The van der Waals surface area contributed by atoms with Gasteiger partial charge >= 0.3 is 0 Å². The molecule has 1 rings (SSSR count). The summed E-state index contributed by atoms with van der Waals surface area (Å²) in [6.45, 7) is 8.15. The second-order valence-electron chi connectivity index (χ2n) is 3.39. The topological polar surface area (TPSA) is 29.1 Å². The molecule has 0 aromatic heterocycles. The molecular weight excluding hydrogens is 210 g/mol. The van der Waals surface area contributed by atoms with Gasteiger partial charge in [0, 0.05) is 13.5 Å². The van der Waals surface area contributed by atoms with Crippen LogP contribution in [-0.4, -0.2) is 13.0 Å². The monoisotopic (exact) mass is 239 g/mol. The maximum atomic E-state index is 10.1. The van der Waals surface area contributed by atoms with E-state index in [4.69, 9.17) is 0 Å². The van der Waals surface area contributed by atoms with Gasteiger partial charge in [-0.2, -0.15) is 0 Å². The molecular formula is C15H29NO. The molecule has 1 N–H and O–H groups in total. The Balaban J connectivity index is -0.000000182. The Labute approximate surface area is 107 Å². The molecule has 2 heteroatoms. The zero-order valence-electron chi connectivity index (χ0n) is 11.2. The second kappa shape index (κ2) is 17.1. The van der Waals surface area contributed by atoms with E-state index in [9.17, 15) is 4.79 Å². The third kappa shape index (κ3) is 20.7. The van der Waals surface area contributed by atoms with Crippen molar-refractivity contribution in [1.29, 1.82) is 0 Å². The van der Waals surface area contributed by atoms with Crippen LogP contribution in [0.4, 0.5) is 0 Å². The van der Waals surface area contributed by atoms with Crippen molar-refractivity contribution < 1.29 is 4.79 Å². The fraction of sp³-hybridized carbons (Fsp3) is 0.533. The van der Waals surface area contributed by atoms with Crippen molar-refractivity contribution in [2.75, 3.05) is 7.05 Å². The highest BCUT2D eigenvalue weighted by Crippen LogP contribution is 1.92. The molecule has 1 aromatic carbocycles. The standard InChI is InChI=1S/C7H8.C4H9NO.C3H8.CH4/c1-7-5-3-2-4-6-7;1-3-4(6)5-2;1-3-2;/h2-6H,1H3;3H2,1-2H3,(H,5,6);3H2,1-2H3;1H4. The van der Waals surface area contributed by atoms with Crippen molar-refractivity contribution in [1.82, 2.24) is 5.32 Å². The lowest BCUT2D eigenvalue weighted by Crippen LogP contribution is -2.15. The van der Waals surface area contributed by atoms with Crippen LogP contribution in [0, 0.1) is 6.92 Å². The zero-order chi connectivity index (χ0) is 12.8. The van der Waals surface area contributed by atoms with Crippen molar-refractivity contribution in [3.05, 3.63) is 35.9 Å². The molecule has 0 fully saturated rings. The number of rotatable bonds is 1. The Kier molecular flexibility index (Phi) is 21.1. The van der Waals surface area contributed by atoms with E-state index in [2.05, 4.69) is 38.2 Å². The van der Waals surface area contributed by atoms with E-state index < -0.39 is 0 Å². The number of hydrogen-bond acceptors (Lipinski definition) is 1. The van der Waals surface area contributed by atoms with Gasteiger partial charge in [0.05, 0.1) is 0 Å². The van der Waals surface area contributed by atoms with E-state index in [-0.39, 0.29) is 13.3 Å². The van der Waals surface area contributed by atoms with Gasteiger partial charge in [0.25, 0.3) is 0 Å². The Hall–Kier alpha value is -1.31. The largest absolute Gasteiger partial charge is 0.359 e. The van der Waals surface area contributed by atoms with Gasteiger partial charge in [-0.1, -0.05) is 70.5 Å². The molecule has 0 atom stereocenters. The number of aryl methyl sites for hydroxylation is 1. The lowest BCUT2D eigenvalue weighted by atomic mass is 10.2. The first-order valence-corrected chi connectivity index (χ1v) is 5.84. The van der Waals surface area contributed by atoms with Crippen molar-refractivity contribution in [3.8, 4) is 0 Å². The van der Waals surface area contributed by atoms with E-state index in [0.717, 1.165) is 0 Å². The molecule has 100 valence electrons. The Morgan fingerprint density at radius 2 is 1.53 bits per heavy atom. The molecule has 0 unspecified atom stereocenters. The molecule has 1 aromatic rings. The van der Waals surface area contributed by atoms with Gasteiger partial charge in [0.2, 0.25) is 5.91 Å². The lowest BCUT2D eigenvalue weighted by Gasteiger charge is -1.87. The molecule has 0 bridgehead atoms. The van der Waals surface area contributed by atoms with Crippen LogP contribution in [0.3, 0.4) is 0 Å². The SMILES string of the molecule is C.CCC.CCC(=O)NC.Cc1ccccc1. The summed E-state index contributed by atoms with van der Waals surface area (Å²) in [5, 5.41) is 2.48. The highest BCUT2D eigenvalue weighted by Gasteiger charge is 1.84. The zero-order valence-corrected chi connectivity index (χ0v) is 11.2. The molecule has 0 radical (unpaired) electrons. The van der Waals surface area contributed by atoms with Crippen LogP contribution in [0.25, 0.3) is 0 Å². The van der Waals surface area contributed by atoms with Crippen molar-refractivity contribution in [2.24, 2.45) is 0 Å². The molecule has 0 aliphatic rings. The summed E-state index contributed by atoms with van der Waals surface area (Å²) in [7, 11) is 1.63. The van der Waals surface area contributed by atoms with Gasteiger partial charge in [0.1, 0.15) is 0 Å². The summed E-state index contributed by atoms with van der Waals surface area (Å²) in [5.41, 5.74) is 1.32. The van der Waals surface area contributed by atoms with Gasteiger partial charge in [-0.3, -0.25) is 4.79 Å². The maximum Gasteiger partial charge on any atom is 0.219 e. The molecule has 0 saturated heterocycles. The molecule has 0 spiro atoms. The maximum absolute atomic E-state index is 10.1. The number of amides is 1. The summed E-state index contributed by atoms with van der Waals surface area (Å²) >= 11 is 0. The predicted octanol–water partition coefficient (Wildman–Crippen LogP) is 4.19. The number of benzene rings is 1. The van der Waals surface area contributed by atoms with Crippen LogP contribution < -0.4 is 5.32 Å². The van der Waals surface area contributed by atoms with E-state index in [0.29, 0.717) is 6.42 Å². The van der Waals surface area contributed by atoms with Gasteiger partial charge in [-0.05, 0) is 6.92 Å². The average Bonchev–Trinajstić information content (AvgIpc) is 2.31. The molecule has 0 heterocycles. The van der Waals surface area contributed by atoms with Gasteiger partial charge in [-0.25, -0.2) is 0 Å². The summed E-state index contributed by atoms with van der Waals surface area (Å²) in [4.78, 5) is 10.1. The lowest BCUT2D eigenvalue weighted by molar-refractivity contribution is -0.120. The Bertz CT molecular complexity index is 238. The third-order valence-corrected chi connectivity index (χ3v) is 1.54. The van der Waals surface area contributed by atoms with Crippen molar-refractivity contribution >= 4 is 5.91 Å². The van der Waals surface area contributed by atoms with Crippen LogP contribution in [0.5, 0.6) is 0 Å². The number of hydrogen-bond donors (Lipinski definition) is 1. The van der Waals surface area contributed by atoms with E-state index in [1.165, 1.54) is 12.0 Å². The van der Waals surface area contributed by atoms with Crippen molar-refractivity contribution in [3.63, 3.8) is 0 Å². The van der Waals surface area contributed by atoms with Crippen LogP contribution in [0.15, 0.2) is 30.3 Å². The second-order valence-corrected chi connectivity index (χ2v) is 3.39. The van der Waals surface area contributed by atoms with Crippen LogP contribution in [0.1, 0.15) is 46.6 Å². The fourth-order valence-electron chi connectivity index (χ4n) is 0.711. The number of carbonyl (C=O) groups excluding carboxylic acids is 1. The molecule has 0 aliphatic carbocycles. The normalized spacial score (nSPS) is 7.35. The molecule has 0 saturated carbocycles. The minimum absolute atomic E-state index is 0. The number of carbonyl (C=O) groups is 1. The van der Waals surface area contributed by atoms with Gasteiger partial charge < -0.3 is 5.32 Å². The van der Waals surface area contributed by atoms with E-state index in [1.807, 2.05) is 25.1 Å². The Morgan fingerprint density at radius 3 is 1.65 bits per heavy atom. The van der Waals surface area contributed by atoms with E-state index >= 15 is 0 Å². The molecule has 0 aliphatic heterocycles. The van der Waals surface area contributed by atoms with E-state index in [1.54, 1.807) is 7.05 Å². The van der Waals surface area contributed by atoms with Crippen LogP contribution in [-0.2, 0) is 4.79 Å².